The van der Waals surface area contributed by atoms with Crippen LogP contribution in [0, 0.1) is 6.92 Å². The molecular formula is C24H33N4O2+. The van der Waals surface area contributed by atoms with Crippen molar-refractivity contribution < 1.29 is 14.5 Å². The van der Waals surface area contributed by atoms with E-state index in [2.05, 4.69) is 41.8 Å². The molecule has 3 N–H and O–H groups in total. The number of carbonyl (C=O) groups is 2. The van der Waals surface area contributed by atoms with E-state index in [4.69, 9.17) is 0 Å². The zero-order valence-electron chi connectivity index (χ0n) is 18.2. The zero-order chi connectivity index (χ0) is 21.5. The molecule has 0 unspecified atom stereocenters. The molecule has 0 aromatic heterocycles. The van der Waals surface area contributed by atoms with E-state index in [0.29, 0.717) is 12.1 Å². The predicted molar refractivity (Wildman–Crippen MR) is 118 cm³/mol. The number of rotatable bonds is 6. The predicted octanol–water partition coefficient (Wildman–Crippen LogP) is 1.74. The molecule has 2 aromatic rings. The molecule has 0 bridgehead atoms. The Hall–Kier alpha value is -2.86. The molecule has 160 valence electrons. The zero-order valence-corrected chi connectivity index (χ0v) is 18.2. The lowest BCUT2D eigenvalue weighted by atomic mass is 10.1. The number of piperazine rings is 1. The van der Waals surface area contributed by atoms with Gasteiger partial charge in [0.25, 0.3) is 5.91 Å². The second-order valence-corrected chi connectivity index (χ2v) is 8.32. The minimum absolute atomic E-state index is 0.0852. The summed E-state index contributed by atoms with van der Waals surface area (Å²) in [5.74, 6) is 0.0852. The number of urea groups is 1. The molecule has 6 nitrogen and oxygen atoms in total. The summed E-state index contributed by atoms with van der Waals surface area (Å²) in [4.78, 5) is 28.0. The molecule has 1 saturated heterocycles. The van der Waals surface area contributed by atoms with Crippen LogP contribution in [-0.4, -0.2) is 49.1 Å². The second-order valence-electron chi connectivity index (χ2n) is 8.32. The maximum absolute atomic E-state index is 12.9. The monoisotopic (exact) mass is 409 g/mol. The van der Waals surface area contributed by atoms with Gasteiger partial charge in [-0.3, -0.25) is 4.79 Å². The Morgan fingerprint density at radius 3 is 2.33 bits per heavy atom. The fraction of sp³-hybridized carbons (Fsp3) is 0.417. The molecule has 0 aliphatic carbocycles. The van der Waals surface area contributed by atoms with E-state index in [0.717, 1.165) is 38.3 Å². The summed E-state index contributed by atoms with van der Waals surface area (Å²) < 4.78 is 0. The number of nitrogens with one attached hydrogen (secondary N) is 3. The van der Waals surface area contributed by atoms with Crippen LogP contribution in [0.25, 0.3) is 0 Å². The molecule has 6 heteroatoms. The number of quaternary nitrogens is 1. The van der Waals surface area contributed by atoms with Gasteiger partial charge >= 0.3 is 6.03 Å². The maximum atomic E-state index is 12.9. The molecule has 1 fully saturated rings. The van der Waals surface area contributed by atoms with Crippen molar-refractivity contribution in [2.24, 2.45) is 0 Å². The largest absolute Gasteiger partial charge is 0.336 e. The number of nitrogens with zero attached hydrogens (tertiary/aromatic N) is 1. The highest BCUT2D eigenvalue weighted by atomic mass is 16.2. The van der Waals surface area contributed by atoms with Crippen LogP contribution in [0.3, 0.4) is 0 Å². The number of hydrogen-bond acceptors (Lipinski definition) is 2. The minimum Gasteiger partial charge on any atom is -0.336 e. The fourth-order valence-electron chi connectivity index (χ4n) is 3.72. The van der Waals surface area contributed by atoms with E-state index in [1.807, 2.05) is 43.0 Å². The lowest BCUT2D eigenvalue weighted by Gasteiger charge is -2.32. The van der Waals surface area contributed by atoms with Crippen LogP contribution in [0.5, 0.6) is 0 Å². The van der Waals surface area contributed by atoms with Gasteiger partial charge in [-0.15, -0.1) is 0 Å². The van der Waals surface area contributed by atoms with Gasteiger partial charge in [0.15, 0.2) is 0 Å². The molecule has 0 saturated carbocycles. The lowest BCUT2D eigenvalue weighted by Crippen LogP contribution is -3.13. The third kappa shape index (κ3) is 6.07. The van der Waals surface area contributed by atoms with Crippen molar-refractivity contribution in [3.8, 4) is 0 Å². The molecule has 3 rings (SSSR count). The van der Waals surface area contributed by atoms with Crippen LogP contribution in [-0.2, 0) is 13.1 Å². The number of aryl methyl sites for hydroxylation is 1. The van der Waals surface area contributed by atoms with Crippen molar-refractivity contribution >= 4 is 11.9 Å². The van der Waals surface area contributed by atoms with Gasteiger partial charge in [0.2, 0.25) is 0 Å². The van der Waals surface area contributed by atoms with Crippen molar-refractivity contribution in [2.45, 2.75) is 39.9 Å². The van der Waals surface area contributed by atoms with Crippen LogP contribution >= 0.6 is 0 Å². The number of hydrogen-bond donors (Lipinski definition) is 3. The van der Waals surface area contributed by atoms with E-state index in [1.54, 1.807) is 0 Å². The van der Waals surface area contributed by atoms with Gasteiger partial charge in [-0.05, 0) is 44.0 Å². The van der Waals surface area contributed by atoms with Gasteiger partial charge in [0.05, 0.1) is 26.2 Å². The van der Waals surface area contributed by atoms with Crippen LogP contribution in [0.1, 0.15) is 40.9 Å². The van der Waals surface area contributed by atoms with Crippen molar-refractivity contribution in [2.75, 3.05) is 26.2 Å². The fourth-order valence-corrected chi connectivity index (χ4v) is 3.72. The molecule has 3 amide bonds. The van der Waals surface area contributed by atoms with E-state index >= 15 is 0 Å². The molecule has 1 aliphatic rings. The summed E-state index contributed by atoms with van der Waals surface area (Å²) in [7, 11) is 0. The van der Waals surface area contributed by atoms with Crippen LogP contribution in [0.15, 0.2) is 48.5 Å². The van der Waals surface area contributed by atoms with Crippen molar-refractivity contribution in [1.29, 1.82) is 0 Å². The van der Waals surface area contributed by atoms with Crippen molar-refractivity contribution in [1.82, 2.24) is 15.5 Å². The summed E-state index contributed by atoms with van der Waals surface area (Å²) in [6, 6.07) is 16.0. The second kappa shape index (κ2) is 10.3. The summed E-state index contributed by atoms with van der Waals surface area (Å²) in [5.41, 5.74) is 4.39. The lowest BCUT2D eigenvalue weighted by molar-refractivity contribution is -0.917. The number of amides is 3. The number of carbonyl (C=O) groups excluding carboxylic acids is 2. The SMILES string of the molecule is Cc1ccccc1C[NH+]1CCN(C(=O)c2ccc(CNC(=O)NC(C)C)cc2)CC1. The normalized spacial score (nSPS) is 14.6. The molecule has 0 atom stereocenters. The Morgan fingerprint density at radius 1 is 1.03 bits per heavy atom. The minimum atomic E-state index is -0.184. The third-order valence-electron chi connectivity index (χ3n) is 5.53. The highest BCUT2D eigenvalue weighted by Gasteiger charge is 2.24. The van der Waals surface area contributed by atoms with Gasteiger partial charge < -0.3 is 20.4 Å². The highest BCUT2D eigenvalue weighted by molar-refractivity contribution is 5.94. The van der Waals surface area contributed by atoms with Crippen molar-refractivity contribution in [3.63, 3.8) is 0 Å². The Balaban J connectivity index is 1.48. The van der Waals surface area contributed by atoms with Gasteiger partial charge in [0.1, 0.15) is 6.54 Å². The van der Waals surface area contributed by atoms with E-state index < -0.39 is 0 Å². The van der Waals surface area contributed by atoms with Crippen LogP contribution in [0.4, 0.5) is 4.79 Å². The van der Waals surface area contributed by atoms with E-state index in [1.165, 1.54) is 16.0 Å². The van der Waals surface area contributed by atoms with Gasteiger partial charge in [-0.1, -0.05) is 36.4 Å². The first-order chi connectivity index (χ1) is 14.4. The molecule has 0 spiro atoms. The summed E-state index contributed by atoms with van der Waals surface area (Å²) in [6.45, 7) is 10.9. The maximum Gasteiger partial charge on any atom is 0.315 e. The Morgan fingerprint density at radius 2 is 1.70 bits per heavy atom. The highest BCUT2D eigenvalue weighted by Crippen LogP contribution is 2.09. The molecule has 1 aliphatic heterocycles. The van der Waals surface area contributed by atoms with Crippen LogP contribution in [0.2, 0.25) is 0 Å². The standard InChI is InChI=1S/C24H32N4O2/c1-18(2)26-24(30)25-16-20-8-10-21(11-9-20)23(29)28-14-12-27(13-15-28)17-22-7-5-4-6-19(22)3/h4-11,18H,12-17H2,1-3H3,(H2,25,26,30)/p+1. The molecule has 30 heavy (non-hydrogen) atoms. The molecular weight excluding hydrogens is 376 g/mol. The van der Waals surface area contributed by atoms with E-state index in [-0.39, 0.29) is 18.0 Å². The van der Waals surface area contributed by atoms with E-state index in [9.17, 15) is 9.59 Å². The average Bonchev–Trinajstić information content (AvgIpc) is 2.74. The summed E-state index contributed by atoms with van der Waals surface area (Å²) >= 11 is 0. The number of benzene rings is 2. The first kappa shape index (κ1) is 21.8. The van der Waals surface area contributed by atoms with Crippen molar-refractivity contribution in [3.05, 3.63) is 70.8 Å². The first-order valence-corrected chi connectivity index (χ1v) is 10.7. The molecule has 0 radical (unpaired) electrons. The average molecular weight is 410 g/mol. The quantitative estimate of drug-likeness (QED) is 0.681. The van der Waals surface area contributed by atoms with Gasteiger partial charge in [-0.2, -0.15) is 0 Å². The first-order valence-electron chi connectivity index (χ1n) is 10.7. The third-order valence-corrected chi connectivity index (χ3v) is 5.53. The van der Waals surface area contributed by atoms with Crippen LogP contribution < -0.4 is 15.5 Å². The van der Waals surface area contributed by atoms with Gasteiger partial charge in [-0.25, -0.2) is 4.79 Å². The molecule has 1 heterocycles. The van der Waals surface area contributed by atoms with Gasteiger partial charge in [0, 0.05) is 23.7 Å². The molecule has 2 aromatic carbocycles. The summed E-state index contributed by atoms with van der Waals surface area (Å²) in [6.07, 6.45) is 0. The summed E-state index contributed by atoms with van der Waals surface area (Å²) in [5, 5.41) is 5.62. The smallest absolute Gasteiger partial charge is 0.315 e. The Bertz CT molecular complexity index is 856. The Labute approximate surface area is 179 Å². The topological polar surface area (TPSA) is 65.9 Å². The Kier molecular flexibility index (Phi) is 7.46.